The SMILES string of the molecule is CC(CN1CCCC1=O)NCC1CCCCCC1. The second-order valence-electron chi connectivity index (χ2n) is 6.11. The van der Waals surface area contributed by atoms with Crippen LogP contribution in [-0.4, -0.2) is 36.5 Å². The van der Waals surface area contributed by atoms with E-state index in [1.807, 2.05) is 4.90 Å². The van der Waals surface area contributed by atoms with Crippen LogP contribution in [0.1, 0.15) is 58.3 Å². The van der Waals surface area contributed by atoms with Gasteiger partial charge in [0.1, 0.15) is 0 Å². The first-order valence-corrected chi connectivity index (χ1v) is 7.77. The lowest BCUT2D eigenvalue weighted by Gasteiger charge is -2.24. The van der Waals surface area contributed by atoms with Gasteiger partial charge in [-0.25, -0.2) is 0 Å². The molecule has 18 heavy (non-hydrogen) atoms. The predicted molar refractivity (Wildman–Crippen MR) is 74.5 cm³/mol. The van der Waals surface area contributed by atoms with E-state index in [2.05, 4.69) is 12.2 Å². The maximum atomic E-state index is 11.6. The predicted octanol–water partition coefficient (Wildman–Crippen LogP) is 2.56. The Morgan fingerprint density at radius 2 is 1.94 bits per heavy atom. The summed E-state index contributed by atoms with van der Waals surface area (Å²) in [5, 5.41) is 3.63. The molecule has 2 fully saturated rings. The molecular formula is C15H28N2O. The Labute approximate surface area is 111 Å². The Morgan fingerprint density at radius 3 is 2.56 bits per heavy atom. The van der Waals surface area contributed by atoms with Crippen LogP contribution in [0.5, 0.6) is 0 Å². The Hall–Kier alpha value is -0.570. The molecule has 1 heterocycles. The zero-order chi connectivity index (χ0) is 12.8. The van der Waals surface area contributed by atoms with E-state index in [9.17, 15) is 4.79 Å². The summed E-state index contributed by atoms with van der Waals surface area (Å²) in [6.45, 7) is 5.21. The van der Waals surface area contributed by atoms with E-state index in [-0.39, 0.29) is 0 Å². The monoisotopic (exact) mass is 252 g/mol. The molecule has 0 aromatic heterocycles. The summed E-state index contributed by atoms with van der Waals surface area (Å²) in [4.78, 5) is 13.6. The van der Waals surface area contributed by atoms with Crippen LogP contribution in [0.25, 0.3) is 0 Å². The fourth-order valence-electron chi connectivity index (χ4n) is 3.23. The van der Waals surface area contributed by atoms with Crippen LogP contribution in [-0.2, 0) is 4.79 Å². The minimum Gasteiger partial charge on any atom is -0.341 e. The minimum atomic E-state index is 0.345. The normalized spacial score (nSPS) is 24.3. The van der Waals surface area contributed by atoms with Gasteiger partial charge >= 0.3 is 0 Å². The number of carbonyl (C=O) groups is 1. The van der Waals surface area contributed by atoms with Gasteiger partial charge < -0.3 is 10.2 Å². The third kappa shape index (κ3) is 4.27. The Balaban J connectivity index is 1.64. The van der Waals surface area contributed by atoms with Crippen LogP contribution < -0.4 is 5.32 Å². The van der Waals surface area contributed by atoms with Crippen LogP contribution >= 0.6 is 0 Å². The van der Waals surface area contributed by atoms with Crippen LogP contribution in [0.3, 0.4) is 0 Å². The molecule has 1 aliphatic heterocycles. The fraction of sp³-hybridized carbons (Fsp3) is 0.933. The van der Waals surface area contributed by atoms with Crippen LogP contribution in [0.2, 0.25) is 0 Å². The molecule has 1 N–H and O–H groups in total. The molecule has 1 amide bonds. The molecule has 1 aliphatic carbocycles. The summed E-state index contributed by atoms with van der Waals surface area (Å²) in [5.74, 6) is 1.21. The smallest absolute Gasteiger partial charge is 0.222 e. The van der Waals surface area contributed by atoms with Gasteiger partial charge in [0.05, 0.1) is 0 Å². The third-order valence-electron chi connectivity index (χ3n) is 4.40. The number of nitrogens with one attached hydrogen (secondary N) is 1. The van der Waals surface area contributed by atoms with Crippen molar-refractivity contribution in [1.82, 2.24) is 10.2 Å². The highest BCUT2D eigenvalue weighted by molar-refractivity contribution is 5.78. The van der Waals surface area contributed by atoms with Gasteiger partial charge in [-0.3, -0.25) is 4.79 Å². The van der Waals surface area contributed by atoms with E-state index in [1.54, 1.807) is 0 Å². The molecule has 1 atom stereocenters. The number of hydrogen-bond donors (Lipinski definition) is 1. The lowest BCUT2D eigenvalue weighted by molar-refractivity contribution is -0.127. The molecule has 0 spiro atoms. The topological polar surface area (TPSA) is 32.3 Å². The Morgan fingerprint density at radius 1 is 1.22 bits per heavy atom. The second kappa shape index (κ2) is 7.13. The van der Waals surface area contributed by atoms with Gasteiger partial charge in [0, 0.05) is 25.6 Å². The number of rotatable bonds is 5. The van der Waals surface area contributed by atoms with Gasteiger partial charge in [0.15, 0.2) is 0 Å². The molecule has 2 aliphatic rings. The van der Waals surface area contributed by atoms with E-state index >= 15 is 0 Å². The van der Waals surface area contributed by atoms with Crippen molar-refractivity contribution < 1.29 is 4.79 Å². The fourth-order valence-corrected chi connectivity index (χ4v) is 3.23. The van der Waals surface area contributed by atoms with Crippen LogP contribution in [0.15, 0.2) is 0 Å². The molecule has 3 heteroatoms. The van der Waals surface area contributed by atoms with Gasteiger partial charge in [-0.15, -0.1) is 0 Å². The molecule has 3 nitrogen and oxygen atoms in total. The minimum absolute atomic E-state index is 0.345. The van der Waals surface area contributed by atoms with Gasteiger partial charge in [-0.1, -0.05) is 25.7 Å². The number of carbonyl (C=O) groups excluding carboxylic acids is 1. The average Bonchev–Trinajstić information content (AvgIpc) is 2.63. The second-order valence-corrected chi connectivity index (χ2v) is 6.11. The summed E-state index contributed by atoms with van der Waals surface area (Å²) in [6.07, 6.45) is 10.3. The standard InChI is InChI=1S/C15H28N2O/c1-13(12-17-10-6-9-15(17)18)16-11-14-7-4-2-3-5-8-14/h13-14,16H,2-12H2,1H3. The van der Waals surface area contributed by atoms with Crippen molar-refractivity contribution in [2.24, 2.45) is 5.92 Å². The van der Waals surface area contributed by atoms with Gasteiger partial charge in [-0.05, 0) is 38.6 Å². The van der Waals surface area contributed by atoms with Crippen molar-refractivity contribution in [1.29, 1.82) is 0 Å². The average molecular weight is 252 g/mol. The lowest BCUT2D eigenvalue weighted by Crippen LogP contribution is -2.41. The summed E-state index contributed by atoms with van der Waals surface area (Å²) in [6, 6.07) is 0.440. The highest BCUT2D eigenvalue weighted by Crippen LogP contribution is 2.22. The molecule has 0 bridgehead atoms. The van der Waals surface area contributed by atoms with Crippen LogP contribution in [0.4, 0.5) is 0 Å². The maximum absolute atomic E-state index is 11.6. The first kappa shape index (κ1) is 13.9. The molecule has 0 aromatic carbocycles. The zero-order valence-corrected chi connectivity index (χ0v) is 11.8. The van der Waals surface area contributed by atoms with E-state index in [1.165, 1.54) is 38.5 Å². The number of likely N-dealkylation sites (tertiary alicyclic amines) is 1. The van der Waals surface area contributed by atoms with Gasteiger partial charge in [0.2, 0.25) is 5.91 Å². The van der Waals surface area contributed by atoms with E-state index in [0.29, 0.717) is 11.9 Å². The summed E-state index contributed by atoms with van der Waals surface area (Å²) < 4.78 is 0. The van der Waals surface area contributed by atoms with Crippen molar-refractivity contribution in [3.8, 4) is 0 Å². The quantitative estimate of drug-likeness (QED) is 0.763. The van der Waals surface area contributed by atoms with Crippen molar-refractivity contribution in [2.45, 2.75) is 64.3 Å². The molecule has 1 saturated carbocycles. The molecular weight excluding hydrogens is 224 g/mol. The Bertz CT molecular complexity index is 259. The zero-order valence-electron chi connectivity index (χ0n) is 11.8. The molecule has 1 saturated heterocycles. The summed E-state index contributed by atoms with van der Waals surface area (Å²) in [5.41, 5.74) is 0. The largest absolute Gasteiger partial charge is 0.341 e. The highest BCUT2D eigenvalue weighted by atomic mass is 16.2. The molecule has 0 aromatic rings. The maximum Gasteiger partial charge on any atom is 0.222 e. The van der Waals surface area contributed by atoms with E-state index in [4.69, 9.17) is 0 Å². The first-order valence-electron chi connectivity index (χ1n) is 7.77. The summed E-state index contributed by atoms with van der Waals surface area (Å²) in [7, 11) is 0. The molecule has 1 unspecified atom stereocenters. The number of nitrogens with zero attached hydrogens (tertiary/aromatic N) is 1. The number of amides is 1. The highest BCUT2D eigenvalue weighted by Gasteiger charge is 2.22. The molecule has 104 valence electrons. The third-order valence-corrected chi connectivity index (χ3v) is 4.40. The number of hydrogen-bond acceptors (Lipinski definition) is 2. The summed E-state index contributed by atoms with van der Waals surface area (Å²) >= 11 is 0. The van der Waals surface area contributed by atoms with Crippen LogP contribution in [0, 0.1) is 5.92 Å². The Kier molecular flexibility index (Phi) is 5.48. The van der Waals surface area contributed by atoms with Gasteiger partial charge in [-0.2, -0.15) is 0 Å². The van der Waals surface area contributed by atoms with Crippen molar-refractivity contribution in [2.75, 3.05) is 19.6 Å². The molecule has 0 radical (unpaired) electrons. The van der Waals surface area contributed by atoms with E-state index < -0.39 is 0 Å². The van der Waals surface area contributed by atoms with Crippen molar-refractivity contribution in [3.63, 3.8) is 0 Å². The first-order chi connectivity index (χ1) is 8.75. The van der Waals surface area contributed by atoms with Crippen molar-refractivity contribution in [3.05, 3.63) is 0 Å². The van der Waals surface area contributed by atoms with Gasteiger partial charge in [0.25, 0.3) is 0 Å². The van der Waals surface area contributed by atoms with Crippen molar-refractivity contribution >= 4 is 5.91 Å². The van der Waals surface area contributed by atoms with E-state index in [0.717, 1.165) is 38.4 Å². The lowest BCUT2D eigenvalue weighted by atomic mass is 10.0. The molecule has 2 rings (SSSR count).